The van der Waals surface area contributed by atoms with Crippen molar-refractivity contribution in [2.24, 2.45) is 0 Å². The summed E-state index contributed by atoms with van der Waals surface area (Å²) >= 11 is 0. The Balaban J connectivity index is 1.92. The van der Waals surface area contributed by atoms with Gasteiger partial charge in [-0.1, -0.05) is 12.1 Å². The highest BCUT2D eigenvalue weighted by Gasteiger charge is 2.36. The van der Waals surface area contributed by atoms with Crippen molar-refractivity contribution in [2.45, 2.75) is 25.3 Å². The van der Waals surface area contributed by atoms with Gasteiger partial charge in [0.05, 0.1) is 30.2 Å². The zero-order valence-electron chi connectivity index (χ0n) is 11.9. The molecule has 2 bridgehead atoms. The van der Waals surface area contributed by atoms with Crippen molar-refractivity contribution in [3.63, 3.8) is 0 Å². The maximum Gasteiger partial charge on any atom is 0.116 e. The van der Waals surface area contributed by atoms with Crippen molar-refractivity contribution in [2.75, 3.05) is 24.6 Å². The Morgan fingerprint density at radius 2 is 2.05 bits per heavy atom. The molecule has 110 valence electrons. The Bertz CT molecular complexity index is 672. The van der Waals surface area contributed by atoms with Crippen LogP contribution in [-0.4, -0.2) is 39.7 Å². The summed E-state index contributed by atoms with van der Waals surface area (Å²) in [6, 6.07) is 7.29. The predicted molar refractivity (Wildman–Crippen MR) is 80.6 cm³/mol. The summed E-state index contributed by atoms with van der Waals surface area (Å²) in [5.41, 5.74) is 4.36. The van der Waals surface area contributed by atoms with Gasteiger partial charge in [0.1, 0.15) is 5.75 Å². The molecule has 0 amide bonds. The first-order chi connectivity index (χ1) is 10.3. The molecular weight excluding hydrogens is 266 g/mol. The Kier molecular flexibility index (Phi) is 2.89. The van der Waals surface area contributed by atoms with E-state index in [9.17, 15) is 10.2 Å². The second-order valence-electron chi connectivity index (χ2n) is 5.84. The van der Waals surface area contributed by atoms with Gasteiger partial charge >= 0.3 is 0 Å². The fraction of sp³-hybridized carbons (Fsp3) is 0.438. The van der Waals surface area contributed by atoms with E-state index in [2.05, 4.69) is 4.90 Å². The van der Waals surface area contributed by atoms with Crippen LogP contribution in [0.4, 0.5) is 5.69 Å². The molecule has 5 rings (SSSR count). The van der Waals surface area contributed by atoms with E-state index in [1.54, 1.807) is 12.1 Å². The molecule has 0 radical (unpaired) electrons. The van der Waals surface area contributed by atoms with Crippen molar-refractivity contribution in [1.82, 2.24) is 9.78 Å². The molecule has 3 aliphatic rings. The number of piperidine rings is 1. The van der Waals surface area contributed by atoms with E-state index >= 15 is 0 Å². The van der Waals surface area contributed by atoms with Crippen LogP contribution in [-0.2, 0) is 6.54 Å². The number of phenolic OH excluding ortho intramolecular Hbond substituents is 1. The smallest absolute Gasteiger partial charge is 0.116 e. The van der Waals surface area contributed by atoms with Gasteiger partial charge in [-0.05, 0) is 25.0 Å². The molecule has 5 nitrogen and oxygen atoms in total. The summed E-state index contributed by atoms with van der Waals surface area (Å²) in [4.78, 5) is 2.40. The van der Waals surface area contributed by atoms with Crippen LogP contribution in [0.5, 0.6) is 5.75 Å². The number of aliphatic hydroxyl groups excluding tert-OH is 1. The number of aromatic hydroxyl groups is 1. The summed E-state index contributed by atoms with van der Waals surface area (Å²) in [6.07, 6.45) is 2.34. The number of anilines is 1. The van der Waals surface area contributed by atoms with Gasteiger partial charge in [0.15, 0.2) is 0 Å². The first-order valence-corrected chi connectivity index (χ1v) is 7.54. The van der Waals surface area contributed by atoms with Crippen LogP contribution in [0, 0.1) is 0 Å². The van der Waals surface area contributed by atoms with E-state index in [1.165, 1.54) is 24.2 Å². The minimum Gasteiger partial charge on any atom is -0.508 e. The lowest BCUT2D eigenvalue weighted by Gasteiger charge is -2.39. The number of rotatable bonds is 3. The van der Waals surface area contributed by atoms with Gasteiger partial charge < -0.3 is 15.1 Å². The van der Waals surface area contributed by atoms with Crippen molar-refractivity contribution in [1.29, 1.82) is 0 Å². The van der Waals surface area contributed by atoms with Crippen molar-refractivity contribution in [3.05, 3.63) is 30.0 Å². The van der Waals surface area contributed by atoms with E-state index in [0.29, 0.717) is 12.5 Å². The lowest BCUT2D eigenvalue weighted by atomic mass is 9.86. The lowest BCUT2D eigenvalue weighted by molar-refractivity contribution is 0.269. The van der Waals surface area contributed by atoms with E-state index in [0.717, 1.165) is 24.3 Å². The average Bonchev–Trinajstić information content (AvgIpc) is 2.90. The third kappa shape index (κ3) is 1.92. The number of hydrogen-bond donors (Lipinski definition) is 2. The highest BCUT2D eigenvalue weighted by Crippen LogP contribution is 2.47. The van der Waals surface area contributed by atoms with Crippen LogP contribution >= 0.6 is 0 Å². The van der Waals surface area contributed by atoms with Crippen LogP contribution < -0.4 is 4.90 Å². The molecular formula is C16H19N3O2. The Labute approximate surface area is 123 Å². The van der Waals surface area contributed by atoms with E-state index in [-0.39, 0.29) is 12.4 Å². The number of aliphatic hydroxyl groups is 1. The fourth-order valence-corrected chi connectivity index (χ4v) is 3.63. The van der Waals surface area contributed by atoms with Crippen LogP contribution in [0.15, 0.2) is 24.3 Å². The maximum absolute atomic E-state index is 9.78. The summed E-state index contributed by atoms with van der Waals surface area (Å²) in [5, 5.41) is 23.9. The van der Waals surface area contributed by atoms with Crippen LogP contribution in [0.2, 0.25) is 0 Å². The molecule has 0 spiro atoms. The largest absolute Gasteiger partial charge is 0.508 e. The number of nitrogens with zero attached hydrogens (tertiary/aromatic N) is 3. The molecule has 5 heteroatoms. The molecule has 1 fully saturated rings. The minimum absolute atomic E-state index is 0.0665. The van der Waals surface area contributed by atoms with Gasteiger partial charge in [0.25, 0.3) is 0 Å². The number of phenols is 1. The van der Waals surface area contributed by atoms with E-state index in [4.69, 9.17) is 5.10 Å². The summed E-state index contributed by atoms with van der Waals surface area (Å²) in [7, 11) is 0. The van der Waals surface area contributed by atoms with Crippen molar-refractivity contribution in [3.8, 4) is 17.0 Å². The van der Waals surface area contributed by atoms with Gasteiger partial charge in [0, 0.05) is 24.6 Å². The Morgan fingerprint density at radius 3 is 2.76 bits per heavy atom. The third-order valence-electron chi connectivity index (χ3n) is 4.58. The minimum atomic E-state index is 0.0665. The van der Waals surface area contributed by atoms with Crippen LogP contribution in [0.1, 0.15) is 24.5 Å². The van der Waals surface area contributed by atoms with Crippen LogP contribution in [0.25, 0.3) is 11.3 Å². The average molecular weight is 285 g/mol. The molecule has 0 unspecified atom stereocenters. The zero-order chi connectivity index (χ0) is 14.4. The standard InChI is InChI=1S/C16H19N3O2/c20-9-8-19-15(12-2-1-3-13(21)10-12)16-14(17-19)11-4-6-18(16)7-5-11/h1-3,10-11,20-21H,4-9H2. The predicted octanol–water partition coefficient (Wildman–Crippen LogP) is 1.95. The number of hydrogen-bond acceptors (Lipinski definition) is 4. The fourth-order valence-electron chi connectivity index (χ4n) is 3.63. The number of benzene rings is 1. The Morgan fingerprint density at radius 1 is 1.24 bits per heavy atom. The summed E-state index contributed by atoms with van der Waals surface area (Å²) < 4.78 is 1.90. The molecule has 21 heavy (non-hydrogen) atoms. The molecule has 0 saturated carbocycles. The van der Waals surface area contributed by atoms with Gasteiger partial charge in [0.2, 0.25) is 0 Å². The SMILES string of the molecule is OCCn1nc2c(c1-c1cccc(O)c1)N1CCC2CC1. The van der Waals surface area contributed by atoms with Gasteiger partial charge in [-0.25, -0.2) is 0 Å². The van der Waals surface area contributed by atoms with Crippen molar-refractivity contribution >= 4 is 5.69 Å². The normalized spacial score (nSPS) is 17.3. The molecule has 2 aromatic rings. The molecule has 0 atom stereocenters. The van der Waals surface area contributed by atoms with Gasteiger partial charge in [-0.15, -0.1) is 0 Å². The monoisotopic (exact) mass is 285 g/mol. The molecule has 1 aromatic heterocycles. The lowest BCUT2D eigenvalue weighted by Crippen LogP contribution is -2.38. The first-order valence-electron chi connectivity index (χ1n) is 7.54. The molecule has 4 heterocycles. The third-order valence-corrected chi connectivity index (χ3v) is 4.58. The topological polar surface area (TPSA) is 61.5 Å². The van der Waals surface area contributed by atoms with Gasteiger partial charge in [-0.2, -0.15) is 5.10 Å². The summed E-state index contributed by atoms with van der Waals surface area (Å²) in [6.45, 7) is 2.71. The molecule has 3 aliphatic heterocycles. The van der Waals surface area contributed by atoms with Gasteiger partial charge in [-0.3, -0.25) is 4.68 Å². The quantitative estimate of drug-likeness (QED) is 0.905. The number of aromatic nitrogens is 2. The molecule has 1 aromatic carbocycles. The maximum atomic E-state index is 9.78. The van der Waals surface area contributed by atoms with E-state index in [1.807, 2.05) is 16.8 Å². The molecule has 2 N–H and O–H groups in total. The molecule has 1 saturated heterocycles. The Hall–Kier alpha value is -2.01. The second-order valence-corrected chi connectivity index (χ2v) is 5.84. The second kappa shape index (κ2) is 4.77. The molecule has 0 aliphatic carbocycles. The summed E-state index contributed by atoms with van der Waals surface area (Å²) in [5.74, 6) is 0.801. The van der Waals surface area contributed by atoms with E-state index < -0.39 is 0 Å². The zero-order valence-corrected chi connectivity index (χ0v) is 11.9. The first kappa shape index (κ1) is 12.7. The number of fused-ring (bicyclic) bond motifs is 2. The van der Waals surface area contributed by atoms with Crippen molar-refractivity contribution < 1.29 is 10.2 Å². The van der Waals surface area contributed by atoms with Crippen LogP contribution in [0.3, 0.4) is 0 Å². The highest BCUT2D eigenvalue weighted by atomic mass is 16.3. The highest BCUT2D eigenvalue weighted by molar-refractivity contribution is 5.80.